The molecule has 0 bridgehead atoms. The minimum atomic E-state index is -0.216. The van der Waals surface area contributed by atoms with Crippen LogP contribution in [0.4, 0.5) is 4.39 Å². The quantitative estimate of drug-likeness (QED) is 0.694. The highest BCUT2D eigenvalue weighted by atomic mass is 79.9. The van der Waals surface area contributed by atoms with Crippen LogP contribution in [0.25, 0.3) is 11.0 Å². The Morgan fingerprint density at radius 2 is 2.15 bits per heavy atom. The lowest BCUT2D eigenvalue weighted by Gasteiger charge is -1.94. The summed E-state index contributed by atoms with van der Waals surface area (Å²) in [5.74, 6) is 0.607. The van der Waals surface area contributed by atoms with Gasteiger partial charge in [-0.2, -0.15) is 0 Å². The van der Waals surface area contributed by atoms with E-state index in [0.29, 0.717) is 5.33 Å². The van der Waals surface area contributed by atoms with Crippen LogP contribution in [0.5, 0.6) is 0 Å². The maximum atomic E-state index is 13.0. The van der Waals surface area contributed by atoms with Gasteiger partial charge >= 0.3 is 0 Å². The molecule has 0 radical (unpaired) electrons. The van der Waals surface area contributed by atoms with Crippen LogP contribution in [0, 0.1) is 12.7 Å². The molecular formula is C10H8BrFO. The highest BCUT2D eigenvalue weighted by Gasteiger charge is 2.06. The molecule has 0 unspecified atom stereocenters. The van der Waals surface area contributed by atoms with E-state index < -0.39 is 0 Å². The molecule has 0 amide bonds. The van der Waals surface area contributed by atoms with Crippen LogP contribution in [0.1, 0.15) is 11.3 Å². The van der Waals surface area contributed by atoms with E-state index >= 15 is 0 Å². The lowest BCUT2D eigenvalue weighted by Crippen LogP contribution is -1.77. The third-order valence-corrected chi connectivity index (χ3v) is 2.50. The second-order valence-corrected chi connectivity index (χ2v) is 3.55. The van der Waals surface area contributed by atoms with E-state index in [1.54, 1.807) is 0 Å². The Morgan fingerprint density at radius 3 is 2.85 bits per heavy atom. The smallest absolute Gasteiger partial charge is 0.137 e. The zero-order chi connectivity index (χ0) is 9.42. The Bertz CT molecular complexity index is 447. The Kier molecular flexibility index (Phi) is 2.12. The summed E-state index contributed by atoms with van der Waals surface area (Å²) in [4.78, 5) is 0. The second-order valence-electron chi connectivity index (χ2n) is 2.99. The van der Waals surface area contributed by atoms with Gasteiger partial charge in [-0.05, 0) is 30.7 Å². The third-order valence-electron chi connectivity index (χ3n) is 1.95. The topological polar surface area (TPSA) is 13.1 Å². The molecule has 0 aliphatic carbocycles. The van der Waals surface area contributed by atoms with Crippen molar-refractivity contribution in [2.45, 2.75) is 12.3 Å². The first-order valence-corrected chi connectivity index (χ1v) is 5.07. The van der Waals surface area contributed by atoms with Gasteiger partial charge in [0.2, 0.25) is 0 Å². The number of hydrogen-bond acceptors (Lipinski definition) is 1. The molecule has 0 N–H and O–H groups in total. The molecule has 0 aliphatic heterocycles. The van der Waals surface area contributed by atoms with Crippen LogP contribution in [-0.4, -0.2) is 0 Å². The van der Waals surface area contributed by atoms with E-state index in [1.807, 2.05) is 13.0 Å². The fraction of sp³-hybridized carbons (Fsp3) is 0.200. The van der Waals surface area contributed by atoms with Gasteiger partial charge in [0.05, 0.1) is 5.33 Å². The normalized spacial score (nSPS) is 11.0. The lowest BCUT2D eigenvalue weighted by atomic mass is 10.2. The number of aryl methyl sites for hydroxylation is 1. The average Bonchev–Trinajstić information content (AvgIpc) is 2.47. The number of alkyl halides is 1. The van der Waals surface area contributed by atoms with E-state index in [9.17, 15) is 4.39 Å². The highest BCUT2D eigenvalue weighted by molar-refractivity contribution is 9.08. The van der Waals surface area contributed by atoms with Gasteiger partial charge in [-0.3, -0.25) is 0 Å². The molecule has 2 aromatic rings. The SMILES string of the molecule is Cc1cc(F)cc2cc(CBr)oc12. The Morgan fingerprint density at radius 1 is 1.38 bits per heavy atom. The molecule has 0 saturated heterocycles. The summed E-state index contributed by atoms with van der Waals surface area (Å²) < 4.78 is 18.4. The zero-order valence-corrected chi connectivity index (χ0v) is 8.69. The molecule has 0 atom stereocenters. The van der Waals surface area contributed by atoms with Crippen molar-refractivity contribution in [1.29, 1.82) is 0 Å². The molecule has 1 aromatic carbocycles. The summed E-state index contributed by atoms with van der Waals surface area (Å²) in [6, 6.07) is 4.81. The van der Waals surface area contributed by atoms with Crippen LogP contribution < -0.4 is 0 Å². The molecule has 0 spiro atoms. The van der Waals surface area contributed by atoms with Crippen molar-refractivity contribution in [2.24, 2.45) is 0 Å². The summed E-state index contributed by atoms with van der Waals surface area (Å²) in [6.45, 7) is 1.84. The summed E-state index contributed by atoms with van der Waals surface area (Å²) in [5, 5.41) is 1.48. The number of benzene rings is 1. The van der Waals surface area contributed by atoms with Gasteiger partial charge in [0.25, 0.3) is 0 Å². The van der Waals surface area contributed by atoms with E-state index in [4.69, 9.17) is 4.42 Å². The molecule has 68 valence electrons. The molecule has 2 rings (SSSR count). The minimum Gasteiger partial charge on any atom is -0.460 e. The summed E-state index contributed by atoms with van der Waals surface area (Å²) in [5.41, 5.74) is 1.61. The predicted molar refractivity (Wildman–Crippen MR) is 53.5 cm³/mol. The standard InChI is InChI=1S/C10H8BrFO/c1-6-2-8(12)3-7-4-9(5-11)13-10(6)7/h2-4H,5H2,1H3. The fourth-order valence-electron chi connectivity index (χ4n) is 1.40. The van der Waals surface area contributed by atoms with Crippen molar-refractivity contribution < 1.29 is 8.81 Å². The van der Waals surface area contributed by atoms with Crippen LogP contribution in [-0.2, 0) is 5.33 Å². The first-order chi connectivity index (χ1) is 6.20. The monoisotopic (exact) mass is 242 g/mol. The molecule has 0 fully saturated rings. The van der Waals surface area contributed by atoms with Gasteiger partial charge in [-0.15, -0.1) is 0 Å². The molecule has 0 aliphatic rings. The van der Waals surface area contributed by atoms with E-state index in [1.165, 1.54) is 12.1 Å². The van der Waals surface area contributed by atoms with Gasteiger partial charge < -0.3 is 4.42 Å². The van der Waals surface area contributed by atoms with Crippen LogP contribution >= 0.6 is 15.9 Å². The number of hydrogen-bond donors (Lipinski definition) is 0. The van der Waals surface area contributed by atoms with Crippen molar-refractivity contribution in [3.05, 3.63) is 35.3 Å². The van der Waals surface area contributed by atoms with Crippen LogP contribution in [0.2, 0.25) is 0 Å². The van der Waals surface area contributed by atoms with Gasteiger partial charge in [-0.25, -0.2) is 4.39 Å². The Hall–Kier alpha value is -0.830. The second kappa shape index (κ2) is 3.14. The van der Waals surface area contributed by atoms with Crippen molar-refractivity contribution in [1.82, 2.24) is 0 Å². The maximum Gasteiger partial charge on any atom is 0.137 e. The number of halogens is 2. The van der Waals surface area contributed by atoms with Gasteiger partial charge in [-0.1, -0.05) is 15.9 Å². The number of rotatable bonds is 1. The summed E-state index contributed by atoms with van der Waals surface area (Å²) in [6.07, 6.45) is 0. The zero-order valence-electron chi connectivity index (χ0n) is 7.10. The number of fused-ring (bicyclic) bond motifs is 1. The summed E-state index contributed by atoms with van der Waals surface area (Å²) >= 11 is 3.29. The minimum absolute atomic E-state index is 0.216. The van der Waals surface area contributed by atoms with Gasteiger partial charge in [0, 0.05) is 5.39 Å². The third kappa shape index (κ3) is 1.48. The first-order valence-electron chi connectivity index (χ1n) is 3.95. The summed E-state index contributed by atoms with van der Waals surface area (Å²) in [7, 11) is 0. The largest absolute Gasteiger partial charge is 0.460 e. The van der Waals surface area contributed by atoms with E-state index in [2.05, 4.69) is 15.9 Å². The Labute approximate surface area is 83.7 Å². The van der Waals surface area contributed by atoms with Crippen molar-refractivity contribution >= 4 is 26.9 Å². The first kappa shape index (κ1) is 8.75. The predicted octanol–water partition coefficient (Wildman–Crippen LogP) is 3.78. The van der Waals surface area contributed by atoms with E-state index in [-0.39, 0.29) is 5.82 Å². The lowest BCUT2D eigenvalue weighted by molar-refractivity contribution is 0.571. The molecule has 3 heteroatoms. The highest BCUT2D eigenvalue weighted by Crippen LogP contribution is 2.25. The molecular weight excluding hydrogens is 235 g/mol. The molecule has 1 nitrogen and oxygen atoms in total. The molecule has 13 heavy (non-hydrogen) atoms. The van der Waals surface area contributed by atoms with Gasteiger partial charge in [0.15, 0.2) is 0 Å². The maximum absolute atomic E-state index is 13.0. The number of furan rings is 1. The van der Waals surface area contributed by atoms with Crippen molar-refractivity contribution in [2.75, 3.05) is 0 Å². The molecule has 0 saturated carbocycles. The average molecular weight is 243 g/mol. The van der Waals surface area contributed by atoms with E-state index in [0.717, 1.165) is 22.3 Å². The van der Waals surface area contributed by atoms with Crippen molar-refractivity contribution in [3.8, 4) is 0 Å². The van der Waals surface area contributed by atoms with Crippen LogP contribution in [0.15, 0.2) is 22.6 Å². The van der Waals surface area contributed by atoms with Gasteiger partial charge in [0.1, 0.15) is 17.2 Å². The van der Waals surface area contributed by atoms with Crippen molar-refractivity contribution in [3.63, 3.8) is 0 Å². The Balaban J connectivity index is 2.75. The fourth-order valence-corrected chi connectivity index (χ4v) is 1.68. The van der Waals surface area contributed by atoms with Crippen LogP contribution in [0.3, 0.4) is 0 Å². The molecule has 1 aromatic heterocycles. The molecule has 1 heterocycles.